The van der Waals surface area contributed by atoms with Gasteiger partial charge in [0.25, 0.3) is 20.2 Å². The Labute approximate surface area is 75.5 Å². The zero-order valence-electron chi connectivity index (χ0n) is 6.28. The average Bonchev–Trinajstić information content (AvgIpc) is 1.81. The fourth-order valence-electron chi connectivity index (χ4n) is 0.587. The Bertz CT molecular complexity index is 400. The third-order valence-corrected chi connectivity index (χ3v) is 3.35. The highest BCUT2D eigenvalue weighted by atomic mass is 32.2. The summed E-state index contributed by atoms with van der Waals surface area (Å²) < 4.78 is 58.0. The van der Waals surface area contributed by atoms with Crippen LogP contribution in [0.4, 0.5) is 0 Å². The van der Waals surface area contributed by atoms with Crippen molar-refractivity contribution in [2.45, 2.75) is 11.7 Å². The van der Waals surface area contributed by atoms with E-state index in [1.54, 1.807) is 0 Å². The maximum absolute atomic E-state index is 10.4. The molecule has 1 unspecified atom stereocenters. The Hall–Kier alpha value is -0.690. The van der Waals surface area contributed by atoms with Crippen molar-refractivity contribution in [3.05, 3.63) is 0 Å². The van der Waals surface area contributed by atoms with Gasteiger partial charge in [0.15, 0.2) is 0 Å². The van der Waals surface area contributed by atoms with E-state index in [1.165, 1.54) is 6.07 Å². The van der Waals surface area contributed by atoms with Crippen LogP contribution in [0.2, 0.25) is 0 Å². The number of hydrogen-bond donors (Lipinski definition) is 2. The van der Waals surface area contributed by atoms with Crippen LogP contribution in [0.3, 0.4) is 0 Å². The van der Waals surface area contributed by atoms with Crippen molar-refractivity contribution < 1.29 is 25.9 Å². The molecule has 7 nitrogen and oxygen atoms in total. The third kappa shape index (κ3) is 5.53. The number of nitriles is 1. The van der Waals surface area contributed by atoms with Crippen molar-refractivity contribution in [3.8, 4) is 6.07 Å². The Kier molecular flexibility index (Phi) is 3.80. The quantitative estimate of drug-likeness (QED) is 0.593. The lowest BCUT2D eigenvalue weighted by Gasteiger charge is -2.06. The molecule has 0 rings (SSSR count). The van der Waals surface area contributed by atoms with E-state index in [-0.39, 0.29) is 0 Å². The number of nitrogens with zero attached hydrogens (tertiary/aromatic N) is 1. The normalized spacial score (nSPS) is 14.8. The Balaban J connectivity index is 4.79. The van der Waals surface area contributed by atoms with Crippen LogP contribution >= 0.6 is 0 Å². The predicted octanol–water partition coefficient (Wildman–Crippen LogP) is -0.956. The van der Waals surface area contributed by atoms with Crippen molar-refractivity contribution in [2.75, 3.05) is 5.75 Å². The first-order chi connectivity index (χ1) is 5.67. The summed E-state index contributed by atoms with van der Waals surface area (Å²) in [7, 11) is -9.14. The largest absolute Gasteiger partial charge is 0.286 e. The fourth-order valence-corrected chi connectivity index (χ4v) is 2.66. The molecule has 0 radical (unpaired) electrons. The van der Waals surface area contributed by atoms with E-state index >= 15 is 0 Å². The molecule has 0 aliphatic carbocycles. The molecule has 76 valence electrons. The molecule has 1 atom stereocenters. The highest BCUT2D eigenvalue weighted by molar-refractivity contribution is 7.90. The third-order valence-electron chi connectivity index (χ3n) is 1.14. The van der Waals surface area contributed by atoms with Gasteiger partial charge in [0.05, 0.1) is 18.2 Å². The maximum atomic E-state index is 10.4. The molecule has 9 heteroatoms. The zero-order valence-corrected chi connectivity index (χ0v) is 7.92. The molecule has 0 heterocycles. The minimum Gasteiger partial charge on any atom is -0.286 e. The second-order valence-corrected chi connectivity index (χ2v) is 5.44. The maximum Gasteiger partial charge on any atom is 0.269 e. The van der Waals surface area contributed by atoms with Gasteiger partial charge < -0.3 is 0 Å². The van der Waals surface area contributed by atoms with Gasteiger partial charge in [-0.1, -0.05) is 0 Å². The Morgan fingerprint density at radius 1 is 1.23 bits per heavy atom. The fraction of sp³-hybridized carbons (Fsp3) is 0.750. The molecule has 0 saturated carbocycles. The minimum atomic E-state index is -4.62. The van der Waals surface area contributed by atoms with Gasteiger partial charge in [-0.3, -0.25) is 9.11 Å². The summed E-state index contributed by atoms with van der Waals surface area (Å²) in [5, 5.41) is 6.30. The molecule has 0 aromatic carbocycles. The van der Waals surface area contributed by atoms with E-state index < -0.39 is 37.7 Å². The van der Waals surface area contributed by atoms with Crippen LogP contribution in [-0.2, 0) is 20.2 Å². The number of hydrogen-bond acceptors (Lipinski definition) is 5. The summed E-state index contributed by atoms with van der Waals surface area (Å²) in [5.74, 6) is -1.18. The van der Waals surface area contributed by atoms with Gasteiger partial charge in [-0.2, -0.15) is 22.1 Å². The summed E-state index contributed by atoms with van der Waals surface area (Å²) in [4.78, 5) is 0. The Morgan fingerprint density at radius 3 is 1.92 bits per heavy atom. The van der Waals surface area contributed by atoms with Crippen LogP contribution in [0, 0.1) is 11.3 Å². The molecule has 0 saturated heterocycles. The van der Waals surface area contributed by atoms with Crippen LogP contribution in [-0.4, -0.2) is 36.9 Å². The second kappa shape index (κ2) is 4.01. The molecule has 0 bridgehead atoms. The van der Waals surface area contributed by atoms with Crippen LogP contribution in [0.5, 0.6) is 0 Å². The van der Waals surface area contributed by atoms with Gasteiger partial charge in [-0.25, -0.2) is 0 Å². The van der Waals surface area contributed by atoms with Gasteiger partial charge >= 0.3 is 0 Å². The van der Waals surface area contributed by atoms with Crippen molar-refractivity contribution in [2.24, 2.45) is 0 Å². The summed E-state index contributed by atoms with van der Waals surface area (Å²) in [5.41, 5.74) is 0. The summed E-state index contributed by atoms with van der Waals surface area (Å²) in [6, 6.07) is 1.38. The van der Waals surface area contributed by atoms with Crippen molar-refractivity contribution in [1.29, 1.82) is 5.26 Å². The monoisotopic (exact) mass is 229 g/mol. The average molecular weight is 229 g/mol. The number of rotatable bonds is 4. The molecule has 2 N–H and O–H groups in total. The topological polar surface area (TPSA) is 133 Å². The van der Waals surface area contributed by atoms with Crippen molar-refractivity contribution in [3.63, 3.8) is 0 Å². The van der Waals surface area contributed by atoms with Crippen molar-refractivity contribution >= 4 is 20.2 Å². The first-order valence-corrected chi connectivity index (χ1v) is 6.06. The summed E-state index contributed by atoms with van der Waals surface area (Å²) in [6.07, 6.45) is -0.696. The predicted molar refractivity (Wildman–Crippen MR) is 42.0 cm³/mol. The first kappa shape index (κ1) is 12.3. The van der Waals surface area contributed by atoms with Crippen LogP contribution in [0.15, 0.2) is 0 Å². The van der Waals surface area contributed by atoms with E-state index in [2.05, 4.69) is 0 Å². The first-order valence-electron chi connectivity index (χ1n) is 2.95. The second-order valence-electron chi connectivity index (χ2n) is 2.25. The van der Waals surface area contributed by atoms with Gasteiger partial charge in [0.2, 0.25) is 0 Å². The summed E-state index contributed by atoms with van der Waals surface area (Å²) in [6.45, 7) is 0. The Morgan fingerprint density at radius 2 is 1.69 bits per heavy atom. The molecular formula is C4H7NO6S2. The molecular weight excluding hydrogens is 222 g/mol. The van der Waals surface area contributed by atoms with E-state index in [1.807, 2.05) is 0 Å². The molecule has 0 amide bonds. The molecule has 13 heavy (non-hydrogen) atoms. The molecule has 0 spiro atoms. The van der Waals surface area contributed by atoms with Gasteiger partial charge in [-0.15, -0.1) is 0 Å². The van der Waals surface area contributed by atoms with Gasteiger partial charge in [0, 0.05) is 0 Å². The molecule has 0 aliphatic heterocycles. The van der Waals surface area contributed by atoms with E-state index in [9.17, 15) is 16.8 Å². The summed E-state index contributed by atoms with van der Waals surface area (Å²) >= 11 is 0. The van der Waals surface area contributed by atoms with Crippen LogP contribution in [0.25, 0.3) is 0 Å². The lowest BCUT2D eigenvalue weighted by atomic mass is 10.4. The van der Waals surface area contributed by atoms with Gasteiger partial charge in [0.1, 0.15) is 5.25 Å². The minimum absolute atomic E-state index is 0.696. The molecule has 0 aromatic rings. The van der Waals surface area contributed by atoms with Crippen molar-refractivity contribution in [1.82, 2.24) is 0 Å². The standard InChI is InChI=1S/C4H7NO6S2/c5-2-1-4(13(9,10)11)3-12(6,7)8/h4H,1,3H2,(H,6,7,8)(H,9,10,11). The van der Waals surface area contributed by atoms with Crippen LogP contribution in [0.1, 0.15) is 6.42 Å². The smallest absolute Gasteiger partial charge is 0.269 e. The highest BCUT2D eigenvalue weighted by Gasteiger charge is 2.27. The lowest BCUT2D eigenvalue weighted by Crippen LogP contribution is -2.28. The van der Waals surface area contributed by atoms with E-state index in [0.29, 0.717) is 0 Å². The molecule has 0 aliphatic rings. The van der Waals surface area contributed by atoms with E-state index in [0.717, 1.165) is 0 Å². The highest BCUT2D eigenvalue weighted by Crippen LogP contribution is 2.06. The molecule has 0 aromatic heterocycles. The molecule has 0 fully saturated rings. The zero-order chi connectivity index (χ0) is 10.7. The SMILES string of the molecule is N#CCC(CS(=O)(=O)O)S(=O)(=O)O. The van der Waals surface area contributed by atoms with E-state index in [4.69, 9.17) is 14.4 Å². The lowest BCUT2D eigenvalue weighted by molar-refractivity contribution is 0.458. The van der Waals surface area contributed by atoms with Crippen LogP contribution < -0.4 is 0 Å². The van der Waals surface area contributed by atoms with Gasteiger partial charge in [-0.05, 0) is 0 Å².